The van der Waals surface area contributed by atoms with Gasteiger partial charge in [0, 0.05) is 18.0 Å². The lowest BCUT2D eigenvalue weighted by Crippen LogP contribution is -2.19. The fraction of sp³-hybridized carbons (Fsp3) is 0.429. The third kappa shape index (κ3) is 1.93. The van der Waals surface area contributed by atoms with Crippen molar-refractivity contribution in [1.82, 2.24) is 19.9 Å². The van der Waals surface area contributed by atoms with Crippen LogP contribution in [0.5, 0.6) is 0 Å². The third-order valence-corrected chi connectivity index (χ3v) is 3.65. The molecule has 94 valence electrons. The average molecular weight is 242 g/mol. The van der Waals surface area contributed by atoms with Crippen LogP contribution in [-0.2, 0) is 0 Å². The van der Waals surface area contributed by atoms with E-state index in [9.17, 15) is 0 Å². The second kappa shape index (κ2) is 4.90. The van der Waals surface area contributed by atoms with E-state index < -0.39 is 0 Å². The molecular weight excluding hydrogens is 224 g/mol. The first kappa shape index (κ1) is 11.4. The Kier molecular flexibility index (Phi) is 3.11. The third-order valence-electron chi connectivity index (χ3n) is 3.65. The summed E-state index contributed by atoms with van der Waals surface area (Å²) in [4.78, 5) is 4.20. The van der Waals surface area contributed by atoms with Gasteiger partial charge in [0.15, 0.2) is 0 Å². The van der Waals surface area contributed by atoms with Gasteiger partial charge in [-0.1, -0.05) is 11.6 Å². The Balaban J connectivity index is 2.03. The highest BCUT2D eigenvalue weighted by Crippen LogP contribution is 2.31. The van der Waals surface area contributed by atoms with E-state index in [0.29, 0.717) is 0 Å². The number of hydrogen-bond donors (Lipinski definition) is 1. The van der Waals surface area contributed by atoms with Gasteiger partial charge in [-0.15, -0.1) is 0 Å². The summed E-state index contributed by atoms with van der Waals surface area (Å²) in [5.74, 6) is 0. The van der Waals surface area contributed by atoms with Crippen LogP contribution < -0.4 is 5.32 Å². The van der Waals surface area contributed by atoms with Gasteiger partial charge in [0.1, 0.15) is 0 Å². The van der Waals surface area contributed by atoms with Crippen LogP contribution >= 0.6 is 0 Å². The molecule has 0 spiro atoms. The minimum Gasteiger partial charge on any atom is -0.309 e. The van der Waals surface area contributed by atoms with Gasteiger partial charge in [-0.25, -0.2) is 4.52 Å². The molecule has 0 bridgehead atoms. The molecule has 0 radical (unpaired) electrons. The van der Waals surface area contributed by atoms with Crippen LogP contribution in [0.25, 0.3) is 5.52 Å². The van der Waals surface area contributed by atoms with Crippen molar-refractivity contribution in [2.45, 2.75) is 31.7 Å². The Bertz CT molecular complexity index is 570. The van der Waals surface area contributed by atoms with E-state index in [2.05, 4.69) is 21.5 Å². The predicted molar refractivity (Wildman–Crippen MR) is 71.3 cm³/mol. The van der Waals surface area contributed by atoms with E-state index in [1.807, 2.05) is 30.2 Å². The second-order valence-corrected chi connectivity index (χ2v) is 4.75. The van der Waals surface area contributed by atoms with Crippen molar-refractivity contribution in [3.63, 3.8) is 0 Å². The molecule has 0 aromatic carbocycles. The van der Waals surface area contributed by atoms with Crippen molar-refractivity contribution in [3.05, 3.63) is 42.0 Å². The molecule has 1 unspecified atom stereocenters. The van der Waals surface area contributed by atoms with E-state index in [-0.39, 0.29) is 6.04 Å². The highest BCUT2D eigenvalue weighted by Gasteiger charge is 2.20. The van der Waals surface area contributed by atoms with Crippen LogP contribution in [-0.4, -0.2) is 21.6 Å². The molecule has 3 rings (SSSR count). The molecule has 4 nitrogen and oxygen atoms in total. The number of nitrogens with one attached hydrogen (secondary N) is 1. The van der Waals surface area contributed by atoms with Crippen molar-refractivity contribution in [1.29, 1.82) is 0 Å². The lowest BCUT2D eigenvalue weighted by atomic mass is 9.90. The minimum absolute atomic E-state index is 0.270. The summed E-state index contributed by atoms with van der Waals surface area (Å²) in [6.45, 7) is 0. The molecule has 1 aliphatic rings. The van der Waals surface area contributed by atoms with Crippen molar-refractivity contribution in [3.8, 4) is 0 Å². The number of aromatic nitrogens is 3. The molecule has 0 saturated heterocycles. The standard InChI is InChI=1S/C14H18N4/c1-15-14(11-5-3-2-4-6-11)12-9-17-18-8-7-16-10-13(12)18/h5,7-10,14-15H,2-4,6H2,1H3. The Hall–Kier alpha value is -1.68. The lowest BCUT2D eigenvalue weighted by molar-refractivity contribution is 0.595. The van der Waals surface area contributed by atoms with Gasteiger partial charge in [0.05, 0.1) is 24.0 Å². The maximum Gasteiger partial charge on any atom is 0.0896 e. The SMILES string of the molecule is CNC(C1=CCCCC1)c1cnn2ccncc12. The summed E-state index contributed by atoms with van der Waals surface area (Å²) < 4.78 is 1.88. The molecule has 0 aliphatic heterocycles. The zero-order valence-corrected chi connectivity index (χ0v) is 10.6. The van der Waals surface area contributed by atoms with Gasteiger partial charge >= 0.3 is 0 Å². The Morgan fingerprint density at radius 1 is 1.33 bits per heavy atom. The summed E-state index contributed by atoms with van der Waals surface area (Å²) in [6.07, 6.45) is 14.9. The summed E-state index contributed by atoms with van der Waals surface area (Å²) >= 11 is 0. The number of hydrogen-bond acceptors (Lipinski definition) is 3. The van der Waals surface area contributed by atoms with E-state index >= 15 is 0 Å². The number of nitrogens with zero attached hydrogens (tertiary/aromatic N) is 3. The highest BCUT2D eigenvalue weighted by molar-refractivity contribution is 5.55. The van der Waals surface area contributed by atoms with E-state index in [1.165, 1.54) is 36.8 Å². The van der Waals surface area contributed by atoms with Crippen LogP contribution in [0.4, 0.5) is 0 Å². The number of likely N-dealkylation sites (N-methyl/N-ethyl adjacent to an activating group) is 1. The molecule has 0 amide bonds. The van der Waals surface area contributed by atoms with Gasteiger partial charge in [0.2, 0.25) is 0 Å². The zero-order chi connectivity index (χ0) is 12.4. The van der Waals surface area contributed by atoms with Crippen molar-refractivity contribution >= 4 is 5.52 Å². The molecule has 0 saturated carbocycles. The molecule has 1 N–H and O–H groups in total. The first-order valence-corrected chi connectivity index (χ1v) is 6.53. The second-order valence-electron chi connectivity index (χ2n) is 4.75. The lowest BCUT2D eigenvalue weighted by Gasteiger charge is -2.22. The average Bonchev–Trinajstić information content (AvgIpc) is 2.85. The normalized spacial score (nSPS) is 17.7. The van der Waals surface area contributed by atoms with Crippen LogP contribution in [0.3, 0.4) is 0 Å². The summed E-state index contributed by atoms with van der Waals surface area (Å²) in [6, 6.07) is 0.270. The first-order chi connectivity index (χ1) is 8.90. The summed E-state index contributed by atoms with van der Waals surface area (Å²) in [5, 5.41) is 7.81. The first-order valence-electron chi connectivity index (χ1n) is 6.53. The molecule has 1 atom stereocenters. The van der Waals surface area contributed by atoms with E-state index in [1.54, 1.807) is 6.20 Å². The van der Waals surface area contributed by atoms with Crippen LogP contribution in [0.15, 0.2) is 36.4 Å². The predicted octanol–water partition coefficient (Wildman–Crippen LogP) is 2.49. The van der Waals surface area contributed by atoms with Crippen molar-refractivity contribution < 1.29 is 0 Å². The highest BCUT2D eigenvalue weighted by atomic mass is 15.2. The van der Waals surface area contributed by atoms with E-state index in [0.717, 1.165) is 5.52 Å². The molecular formula is C14H18N4. The topological polar surface area (TPSA) is 42.2 Å². The van der Waals surface area contributed by atoms with Gasteiger partial charge in [-0.2, -0.15) is 5.10 Å². The quantitative estimate of drug-likeness (QED) is 0.841. The Morgan fingerprint density at radius 2 is 2.28 bits per heavy atom. The molecule has 2 heterocycles. The molecule has 2 aromatic heterocycles. The molecule has 2 aromatic rings. The minimum atomic E-state index is 0.270. The fourth-order valence-electron chi connectivity index (χ4n) is 2.74. The Labute approximate surface area is 107 Å². The van der Waals surface area contributed by atoms with Crippen molar-refractivity contribution in [2.75, 3.05) is 7.05 Å². The number of rotatable bonds is 3. The molecule has 0 fully saturated rings. The maximum atomic E-state index is 4.39. The number of fused-ring (bicyclic) bond motifs is 1. The van der Waals surface area contributed by atoms with Gasteiger partial charge in [0.25, 0.3) is 0 Å². The Morgan fingerprint density at radius 3 is 3.06 bits per heavy atom. The van der Waals surface area contributed by atoms with Crippen LogP contribution in [0.2, 0.25) is 0 Å². The monoisotopic (exact) mass is 242 g/mol. The smallest absolute Gasteiger partial charge is 0.0896 e. The van der Waals surface area contributed by atoms with Gasteiger partial charge < -0.3 is 5.32 Å². The van der Waals surface area contributed by atoms with Gasteiger partial charge in [-0.3, -0.25) is 4.98 Å². The van der Waals surface area contributed by atoms with Gasteiger partial charge in [-0.05, 0) is 32.7 Å². The number of allylic oxidation sites excluding steroid dienone is 1. The fourth-order valence-corrected chi connectivity index (χ4v) is 2.74. The zero-order valence-electron chi connectivity index (χ0n) is 10.6. The molecule has 4 heteroatoms. The summed E-state index contributed by atoms with van der Waals surface area (Å²) in [7, 11) is 2.01. The van der Waals surface area contributed by atoms with Crippen LogP contribution in [0.1, 0.15) is 37.3 Å². The van der Waals surface area contributed by atoms with E-state index in [4.69, 9.17) is 0 Å². The van der Waals surface area contributed by atoms with Crippen LogP contribution in [0, 0.1) is 0 Å². The van der Waals surface area contributed by atoms with Crippen molar-refractivity contribution in [2.24, 2.45) is 0 Å². The summed E-state index contributed by atoms with van der Waals surface area (Å²) in [5.41, 5.74) is 3.80. The largest absolute Gasteiger partial charge is 0.309 e. The molecule has 18 heavy (non-hydrogen) atoms. The maximum absolute atomic E-state index is 4.39. The molecule has 1 aliphatic carbocycles.